The fourth-order valence-corrected chi connectivity index (χ4v) is 4.03. The molecule has 1 saturated heterocycles. The van der Waals surface area contributed by atoms with Crippen LogP contribution in [0.25, 0.3) is 5.76 Å². The van der Waals surface area contributed by atoms with Gasteiger partial charge in [-0.25, -0.2) is 0 Å². The summed E-state index contributed by atoms with van der Waals surface area (Å²) < 4.78 is 11.0. The fraction of sp³-hybridized carbons (Fsp3) is 0.250. The summed E-state index contributed by atoms with van der Waals surface area (Å²) in [7, 11) is 1.57. The minimum absolute atomic E-state index is 0.0416. The third kappa shape index (κ3) is 5.19. The van der Waals surface area contributed by atoms with Gasteiger partial charge in [0.25, 0.3) is 11.7 Å². The summed E-state index contributed by atoms with van der Waals surface area (Å²) in [6.45, 7) is 4.87. The van der Waals surface area contributed by atoms with E-state index in [9.17, 15) is 14.7 Å². The van der Waals surface area contributed by atoms with Gasteiger partial charge in [-0.1, -0.05) is 26.0 Å². The molecule has 2 heterocycles. The van der Waals surface area contributed by atoms with Crippen LogP contribution in [-0.2, 0) is 16.1 Å². The second-order valence-electron chi connectivity index (χ2n) is 8.79. The predicted octanol–water partition coefficient (Wildman–Crippen LogP) is 4.75. The van der Waals surface area contributed by atoms with Gasteiger partial charge in [0.2, 0.25) is 0 Å². The Labute approximate surface area is 204 Å². The Hall–Kier alpha value is -4.13. The van der Waals surface area contributed by atoms with E-state index in [-0.39, 0.29) is 17.9 Å². The molecule has 1 fully saturated rings. The first kappa shape index (κ1) is 24.0. The molecule has 0 aliphatic carbocycles. The minimum atomic E-state index is -0.763. The lowest BCUT2D eigenvalue weighted by molar-refractivity contribution is -0.140. The van der Waals surface area contributed by atoms with Crippen molar-refractivity contribution in [2.45, 2.75) is 26.4 Å². The summed E-state index contributed by atoms with van der Waals surface area (Å²) in [5, 5.41) is 11.2. The van der Waals surface area contributed by atoms with Gasteiger partial charge >= 0.3 is 0 Å². The highest BCUT2D eigenvalue weighted by Crippen LogP contribution is 2.40. The molecule has 35 heavy (non-hydrogen) atoms. The Morgan fingerprint density at radius 3 is 2.40 bits per heavy atom. The van der Waals surface area contributed by atoms with Crippen LogP contribution in [0.15, 0.2) is 78.6 Å². The Kier molecular flexibility index (Phi) is 7.15. The molecule has 0 bridgehead atoms. The second kappa shape index (κ2) is 10.4. The number of aromatic nitrogens is 1. The average molecular weight is 473 g/mol. The Morgan fingerprint density at radius 2 is 1.74 bits per heavy atom. The first-order valence-corrected chi connectivity index (χ1v) is 11.4. The number of benzene rings is 2. The molecule has 1 aliphatic heterocycles. The van der Waals surface area contributed by atoms with Gasteiger partial charge in [0, 0.05) is 24.5 Å². The third-order valence-corrected chi connectivity index (χ3v) is 5.76. The number of rotatable bonds is 8. The zero-order chi connectivity index (χ0) is 24.9. The quantitative estimate of drug-likeness (QED) is 0.289. The number of nitrogens with zero attached hydrogens (tertiary/aromatic N) is 2. The number of aliphatic hydroxyl groups is 1. The van der Waals surface area contributed by atoms with Gasteiger partial charge in [-0.15, -0.1) is 0 Å². The van der Waals surface area contributed by atoms with E-state index in [2.05, 4.69) is 18.8 Å². The topological polar surface area (TPSA) is 89.0 Å². The number of Topliss-reactive ketones (excluding diaryl/α,β-unsaturated/α-hetero) is 1. The molecule has 1 amide bonds. The fourth-order valence-electron chi connectivity index (χ4n) is 4.03. The highest BCUT2D eigenvalue weighted by molar-refractivity contribution is 6.46. The van der Waals surface area contributed by atoms with Crippen LogP contribution in [0, 0.1) is 5.92 Å². The van der Waals surface area contributed by atoms with Crippen LogP contribution in [0.4, 0.5) is 0 Å². The maximum Gasteiger partial charge on any atom is 0.295 e. The molecule has 1 aromatic heterocycles. The van der Waals surface area contributed by atoms with Gasteiger partial charge in [-0.2, -0.15) is 0 Å². The summed E-state index contributed by atoms with van der Waals surface area (Å²) >= 11 is 0. The van der Waals surface area contributed by atoms with Crippen molar-refractivity contribution < 1.29 is 24.2 Å². The van der Waals surface area contributed by atoms with E-state index < -0.39 is 17.7 Å². The molecule has 180 valence electrons. The van der Waals surface area contributed by atoms with E-state index >= 15 is 0 Å². The maximum atomic E-state index is 13.2. The SMILES string of the molecule is COc1cccc(CN2C(=O)C(=O)/C(=C(\O)c3ccc(OCC(C)C)cc3)C2c2ccncc2)c1. The van der Waals surface area contributed by atoms with E-state index in [1.54, 1.807) is 55.9 Å². The van der Waals surface area contributed by atoms with Gasteiger partial charge in [-0.3, -0.25) is 14.6 Å². The Balaban J connectivity index is 1.74. The second-order valence-corrected chi connectivity index (χ2v) is 8.79. The number of amides is 1. The van der Waals surface area contributed by atoms with Crippen LogP contribution in [0.3, 0.4) is 0 Å². The molecule has 0 radical (unpaired) electrons. The zero-order valence-electron chi connectivity index (χ0n) is 20.0. The number of pyridine rings is 1. The molecule has 1 aliphatic rings. The molecule has 1 N–H and O–H groups in total. The van der Waals surface area contributed by atoms with Gasteiger partial charge in [0.15, 0.2) is 0 Å². The third-order valence-electron chi connectivity index (χ3n) is 5.76. The number of likely N-dealkylation sites (tertiary alicyclic amines) is 1. The summed E-state index contributed by atoms with van der Waals surface area (Å²) in [6.07, 6.45) is 3.20. The summed E-state index contributed by atoms with van der Waals surface area (Å²) in [5.74, 6) is 0.0665. The van der Waals surface area contributed by atoms with Crippen LogP contribution < -0.4 is 9.47 Å². The molecule has 4 rings (SSSR count). The van der Waals surface area contributed by atoms with Crippen LogP contribution >= 0.6 is 0 Å². The van der Waals surface area contributed by atoms with Crippen molar-refractivity contribution in [2.75, 3.05) is 13.7 Å². The van der Waals surface area contributed by atoms with Crippen molar-refractivity contribution in [3.8, 4) is 11.5 Å². The van der Waals surface area contributed by atoms with E-state index in [0.29, 0.717) is 35.2 Å². The normalized spacial score (nSPS) is 17.1. The number of methoxy groups -OCH3 is 1. The number of ether oxygens (including phenoxy) is 2. The molecule has 0 spiro atoms. The molecule has 0 saturated carbocycles. The Bertz CT molecular complexity index is 1240. The van der Waals surface area contributed by atoms with E-state index in [1.807, 2.05) is 24.3 Å². The molecule has 3 aromatic rings. The highest BCUT2D eigenvalue weighted by atomic mass is 16.5. The van der Waals surface area contributed by atoms with Crippen molar-refractivity contribution in [3.05, 3.63) is 95.3 Å². The number of ketones is 1. The van der Waals surface area contributed by atoms with Gasteiger partial charge < -0.3 is 19.5 Å². The maximum absolute atomic E-state index is 13.2. The number of hydrogen-bond donors (Lipinski definition) is 1. The molecule has 7 heteroatoms. The van der Waals surface area contributed by atoms with Gasteiger partial charge in [0.05, 0.1) is 25.3 Å². The van der Waals surface area contributed by atoms with Crippen LogP contribution in [0.5, 0.6) is 11.5 Å². The van der Waals surface area contributed by atoms with Crippen molar-refractivity contribution in [1.29, 1.82) is 0 Å². The molecule has 1 atom stereocenters. The lowest BCUT2D eigenvalue weighted by Crippen LogP contribution is -2.29. The molecular weight excluding hydrogens is 444 g/mol. The molecule has 7 nitrogen and oxygen atoms in total. The molecular formula is C28H28N2O5. The largest absolute Gasteiger partial charge is 0.507 e. The van der Waals surface area contributed by atoms with E-state index in [4.69, 9.17) is 9.47 Å². The number of hydrogen-bond acceptors (Lipinski definition) is 6. The smallest absolute Gasteiger partial charge is 0.295 e. The highest BCUT2D eigenvalue weighted by Gasteiger charge is 2.46. The number of carbonyl (C=O) groups excluding carboxylic acids is 2. The van der Waals surface area contributed by atoms with Gasteiger partial charge in [-0.05, 0) is 65.6 Å². The van der Waals surface area contributed by atoms with Gasteiger partial charge in [0.1, 0.15) is 17.3 Å². The summed E-state index contributed by atoms with van der Waals surface area (Å²) in [5.41, 5.74) is 1.96. The van der Waals surface area contributed by atoms with Crippen molar-refractivity contribution >= 4 is 17.4 Å². The lowest BCUT2D eigenvalue weighted by atomic mass is 9.96. The number of aliphatic hydroxyl groups excluding tert-OH is 1. The predicted molar refractivity (Wildman–Crippen MR) is 132 cm³/mol. The van der Waals surface area contributed by atoms with Crippen molar-refractivity contribution in [1.82, 2.24) is 9.88 Å². The van der Waals surface area contributed by atoms with E-state index in [0.717, 1.165) is 5.56 Å². The van der Waals surface area contributed by atoms with Crippen LogP contribution in [0.2, 0.25) is 0 Å². The van der Waals surface area contributed by atoms with Crippen LogP contribution in [0.1, 0.15) is 36.6 Å². The zero-order valence-corrected chi connectivity index (χ0v) is 20.0. The van der Waals surface area contributed by atoms with Crippen molar-refractivity contribution in [3.63, 3.8) is 0 Å². The lowest BCUT2D eigenvalue weighted by Gasteiger charge is -2.25. The molecule has 2 aromatic carbocycles. The minimum Gasteiger partial charge on any atom is -0.507 e. The summed E-state index contributed by atoms with van der Waals surface area (Å²) in [4.78, 5) is 31.9. The average Bonchev–Trinajstić information content (AvgIpc) is 3.13. The van der Waals surface area contributed by atoms with Crippen LogP contribution in [-0.4, -0.2) is 40.4 Å². The van der Waals surface area contributed by atoms with E-state index in [1.165, 1.54) is 4.90 Å². The first-order valence-electron chi connectivity index (χ1n) is 11.4. The molecule has 1 unspecified atom stereocenters. The standard InChI is InChI=1S/C28H28N2O5/c1-18(2)17-35-22-9-7-21(8-10-22)26(31)24-25(20-11-13-29-14-12-20)30(28(33)27(24)32)16-19-5-4-6-23(15-19)34-3/h4-15,18,25,31H,16-17H2,1-3H3/b26-24-. The first-order chi connectivity index (χ1) is 16.9. The number of carbonyl (C=O) groups is 2. The monoisotopic (exact) mass is 472 g/mol. The van der Waals surface area contributed by atoms with Crippen molar-refractivity contribution in [2.24, 2.45) is 5.92 Å². The summed E-state index contributed by atoms with van der Waals surface area (Å²) in [6, 6.07) is 16.9. The Morgan fingerprint density at radius 1 is 1.03 bits per heavy atom.